The van der Waals surface area contributed by atoms with Gasteiger partial charge in [0.2, 0.25) is 19.2 Å². The quantitative estimate of drug-likeness (QED) is 0.137. The summed E-state index contributed by atoms with van der Waals surface area (Å²) in [6.45, 7) is 1.56. The molecule has 0 atom stereocenters. The van der Waals surface area contributed by atoms with Crippen molar-refractivity contribution in [2.45, 2.75) is 6.42 Å². The summed E-state index contributed by atoms with van der Waals surface area (Å²) in [7, 11) is 0. The monoisotopic (exact) mass is 1020 g/mol. The van der Waals surface area contributed by atoms with Gasteiger partial charge in [-0.1, -0.05) is 94.6 Å². The van der Waals surface area contributed by atoms with Crippen LogP contribution in [0.5, 0.6) is 0 Å². The van der Waals surface area contributed by atoms with Gasteiger partial charge in [0.1, 0.15) is 30.0 Å². The summed E-state index contributed by atoms with van der Waals surface area (Å²) in [6, 6.07) is 37.1. The number of allylic oxidation sites excluding steroid dienone is 1. The summed E-state index contributed by atoms with van der Waals surface area (Å²) >= 11 is 6.17. The molecule has 0 N–H and O–H groups in total. The molecule has 0 bridgehead atoms. The Morgan fingerprint density at radius 3 is 1.97 bits per heavy atom. The number of azo groups is 1. The zero-order chi connectivity index (χ0) is 49.2. The Labute approximate surface area is 422 Å². The minimum absolute atomic E-state index is 0.778. The van der Waals surface area contributed by atoms with E-state index in [1.54, 1.807) is 59.4 Å². The van der Waals surface area contributed by atoms with Gasteiger partial charge in [0, 0.05) is 33.2 Å². The summed E-state index contributed by atoms with van der Waals surface area (Å²) in [5.41, 5.74) is 8.44. The van der Waals surface area contributed by atoms with Gasteiger partial charge in [0.25, 0.3) is 0 Å². The number of thiazole rings is 1. The normalized spacial score (nSPS) is 10.9. The SMILES string of the molecule is C1=CN=NC1.C1=Cc2ccccc2C1.C1=NC=NC1.c1ccc2occc2c1.c1ccc2sccc2c1.c1ccc2scnc2c1.c1conn1.c1csnn1.c1ncon1.c1ncsn1.c1nnco1. The Hall–Kier alpha value is -8.77. The highest BCUT2D eigenvalue weighted by Crippen LogP contribution is 2.19. The minimum atomic E-state index is 0.778. The Balaban J connectivity index is 0.000000147. The first kappa shape index (κ1) is 53.2. The van der Waals surface area contributed by atoms with Crippen LogP contribution in [-0.4, -0.2) is 80.3 Å². The van der Waals surface area contributed by atoms with Crippen molar-refractivity contribution in [1.29, 1.82) is 0 Å². The van der Waals surface area contributed by atoms with E-state index in [2.05, 4.69) is 167 Å². The van der Waals surface area contributed by atoms with Gasteiger partial charge in [-0.25, -0.2) is 19.9 Å². The molecule has 8 aromatic heterocycles. The van der Waals surface area contributed by atoms with Crippen LogP contribution in [0.1, 0.15) is 11.1 Å². The number of thiophene rings is 1. The number of furan rings is 1. The summed E-state index contributed by atoms with van der Waals surface area (Å²) < 4.78 is 27.7. The Bertz CT molecular complexity index is 2650. The van der Waals surface area contributed by atoms with Gasteiger partial charge in [0.15, 0.2) is 6.33 Å². The molecule has 71 heavy (non-hydrogen) atoms. The molecule has 0 fully saturated rings. The molecule has 1 aliphatic carbocycles. The molecule has 0 saturated heterocycles. The molecule has 23 heteroatoms. The molecule has 0 amide bonds. The third kappa shape index (κ3) is 24.2. The topological polar surface area (TPSA) is 244 Å². The summed E-state index contributed by atoms with van der Waals surface area (Å²) in [6.07, 6.45) is 25.3. The fourth-order valence-electron chi connectivity index (χ4n) is 4.96. The van der Waals surface area contributed by atoms with E-state index < -0.39 is 0 Å². The zero-order valence-electron chi connectivity index (χ0n) is 37.5. The average Bonchev–Trinajstić information content (AvgIpc) is 4.29. The highest BCUT2D eigenvalue weighted by Gasteiger charge is 2.00. The lowest BCUT2D eigenvalue weighted by atomic mass is 10.1. The number of hydrogen-bond acceptors (Lipinski definition) is 23. The first-order chi connectivity index (χ1) is 35.4. The molecular weight excluding hydrogens is 979 g/mol. The number of aromatic nitrogens is 11. The van der Waals surface area contributed by atoms with Crippen molar-refractivity contribution >= 4 is 95.6 Å². The number of fused-ring (bicyclic) bond motifs is 4. The average molecular weight is 1020 g/mol. The second kappa shape index (κ2) is 36.3. The van der Waals surface area contributed by atoms with Gasteiger partial charge in [-0.3, -0.25) is 4.99 Å². The van der Waals surface area contributed by atoms with E-state index in [-0.39, 0.29) is 0 Å². The highest BCUT2D eigenvalue weighted by atomic mass is 32.1. The maximum Gasteiger partial charge on any atom is 0.213 e. The smallest absolute Gasteiger partial charge is 0.213 e. The van der Waals surface area contributed by atoms with Gasteiger partial charge in [-0.05, 0) is 93.9 Å². The van der Waals surface area contributed by atoms with E-state index in [1.807, 2.05) is 65.5 Å². The maximum atomic E-state index is 5.12. The van der Waals surface area contributed by atoms with E-state index in [0.717, 1.165) is 36.0 Å². The van der Waals surface area contributed by atoms with Crippen molar-refractivity contribution in [3.63, 3.8) is 0 Å². The van der Waals surface area contributed by atoms with Crippen molar-refractivity contribution < 1.29 is 17.9 Å². The first-order valence-electron chi connectivity index (χ1n) is 20.7. The van der Waals surface area contributed by atoms with Crippen LogP contribution >= 0.6 is 45.7 Å². The van der Waals surface area contributed by atoms with E-state index in [9.17, 15) is 0 Å². The molecule has 4 aromatic carbocycles. The van der Waals surface area contributed by atoms with E-state index in [0.29, 0.717) is 0 Å². The van der Waals surface area contributed by atoms with Crippen LogP contribution in [-0.2, 0) is 6.42 Å². The molecule has 12 aromatic rings. The number of rotatable bonds is 0. The zero-order valence-corrected chi connectivity index (χ0v) is 40.7. The number of benzene rings is 4. The van der Waals surface area contributed by atoms with E-state index in [1.165, 1.54) is 93.3 Å². The second-order valence-corrected chi connectivity index (χ2v) is 15.7. The van der Waals surface area contributed by atoms with Crippen LogP contribution in [0.25, 0.3) is 37.3 Å². The Morgan fingerprint density at radius 1 is 0.606 bits per heavy atom. The molecule has 2 aliphatic heterocycles. The van der Waals surface area contributed by atoms with Crippen LogP contribution in [0.3, 0.4) is 0 Å². The third-order valence-corrected chi connectivity index (χ3v) is 10.5. The van der Waals surface area contributed by atoms with Crippen molar-refractivity contribution in [3.05, 3.63) is 217 Å². The molecular formula is C48H43N15O4S4. The molecule has 0 saturated carbocycles. The molecule has 19 nitrogen and oxygen atoms in total. The molecule has 10 heterocycles. The number of nitrogens with zero attached hydrogens (tertiary/aromatic N) is 15. The van der Waals surface area contributed by atoms with Gasteiger partial charge in [-0.2, -0.15) is 14.6 Å². The van der Waals surface area contributed by atoms with Crippen LogP contribution < -0.4 is 0 Å². The standard InChI is InChI=1S/C9H8.C8H6O.C8H6S.C7H5NS.2C3H4N2.3C2H2N2O.2C2H2N2S/c1-2-5-9-7-3-6-8(9)4-1;2*1-2-4-8-7(3-1)5-6-9-8;1-2-4-7-6(3-1)8-5-9-7;1-2-5-3-4-1;1-2-4-5-3-1;1-3-4-2-5-1;1-3-2-5-4-1;1-2-5-4-3-1;1-3-2-5-4-1;1-2-5-4-3-1/h1-6H,7H2;2*1-6H;1-5H;1,3H,2H2;1-2H,3H2;5*1-2H. The fraction of sp³-hybridized carbons (Fsp3) is 0.0625. The lowest BCUT2D eigenvalue weighted by molar-refractivity contribution is 0.393. The number of aliphatic imine (C=N–C) groups is 2. The minimum Gasteiger partial charge on any atom is -0.464 e. The summed E-state index contributed by atoms with van der Waals surface area (Å²) in [5, 5.41) is 33.3. The molecule has 0 unspecified atom stereocenters. The van der Waals surface area contributed by atoms with Crippen molar-refractivity contribution in [2.75, 3.05) is 13.1 Å². The number of hydrogen-bond donors (Lipinski definition) is 0. The maximum absolute atomic E-state index is 5.12. The molecule has 358 valence electrons. The van der Waals surface area contributed by atoms with Crippen LogP contribution in [0.4, 0.5) is 0 Å². The predicted molar refractivity (Wildman–Crippen MR) is 280 cm³/mol. The summed E-state index contributed by atoms with van der Waals surface area (Å²) in [4.78, 5) is 18.6. The largest absolute Gasteiger partial charge is 0.464 e. The third-order valence-electron chi connectivity index (χ3n) is 7.95. The molecule has 0 spiro atoms. The predicted octanol–water partition coefficient (Wildman–Crippen LogP) is 12.2. The highest BCUT2D eigenvalue weighted by molar-refractivity contribution is 7.17. The fourth-order valence-corrected chi connectivity index (χ4v) is 6.98. The van der Waals surface area contributed by atoms with Crippen LogP contribution in [0.2, 0.25) is 0 Å². The lowest BCUT2D eigenvalue weighted by Gasteiger charge is -1.93. The lowest BCUT2D eigenvalue weighted by Crippen LogP contribution is -1.76. The second-order valence-electron chi connectivity index (χ2n) is 12.6. The van der Waals surface area contributed by atoms with Gasteiger partial charge < -0.3 is 17.9 Å². The van der Waals surface area contributed by atoms with Gasteiger partial charge >= 0.3 is 0 Å². The molecule has 15 rings (SSSR count). The molecule has 3 aliphatic rings. The first-order valence-corrected chi connectivity index (χ1v) is 24.2. The molecule has 0 radical (unpaired) electrons. The Morgan fingerprint density at radius 2 is 1.45 bits per heavy atom. The van der Waals surface area contributed by atoms with Crippen LogP contribution in [0, 0.1) is 0 Å². The Kier molecular flexibility index (Phi) is 27.2. The number of para-hydroxylation sites is 2. The van der Waals surface area contributed by atoms with Gasteiger partial charge in [0.05, 0.1) is 47.5 Å². The van der Waals surface area contributed by atoms with Gasteiger partial charge in [-0.15, -0.1) is 43.1 Å². The van der Waals surface area contributed by atoms with Crippen molar-refractivity contribution in [1.82, 2.24) is 54.6 Å². The summed E-state index contributed by atoms with van der Waals surface area (Å²) in [5.74, 6) is 0. The van der Waals surface area contributed by atoms with E-state index in [4.69, 9.17) is 4.42 Å². The van der Waals surface area contributed by atoms with E-state index >= 15 is 0 Å². The van der Waals surface area contributed by atoms with Crippen molar-refractivity contribution in [2.24, 2.45) is 20.2 Å². The van der Waals surface area contributed by atoms with Crippen molar-refractivity contribution in [3.8, 4) is 0 Å². The van der Waals surface area contributed by atoms with Crippen LogP contribution in [0.15, 0.2) is 244 Å².